The second-order valence-corrected chi connectivity index (χ2v) is 8.66. The van der Waals surface area contributed by atoms with Gasteiger partial charge in [0, 0.05) is 20.8 Å². The molecule has 0 fully saturated rings. The number of hydrogen-bond donors (Lipinski definition) is 2. The topological polar surface area (TPSA) is 79.5 Å². The standard InChI is InChI=1S/C19H17IN4S.C2HF3O2/c1-2-5-15-18(24-11-4-3-6-17(24)22-15)16-12-25-19(23-16)21-14-9-7-13(20)8-10-14;3-2(4,5)1(6)7/h3-4,6-12H,2,5H2,1H3,(H,21,23);(H,6,7). The van der Waals surface area contributed by atoms with E-state index in [1.807, 2.05) is 18.2 Å². The Labute approximate surface area is 199 Å². The van der Waals surface area contributed by atoms with E-state index in [4.69, 9.17) is 19.9 Å². The molecule has 3 aromatic heterocycles. The molecule has 0 radical (unpaired) electrons. The van der Waals surface area contributed by atoms with Crippen molar-refractivity contribution in [2.45, 2.75) is 25.9 Å². The van der Waals surface area contributed by atoms with Crippen molar-refractivity contribution in [2.24, 2.45) is 0 Å². The number of benzene rings is 1. The van der Waals surface area contributed by atoms with Crippen molar-refractivity contribution in [2.75, 3.05) is 5.32 Å². The number of aliphatic carboxylic acids is 1. The summed E-state index contributed by atoms with van der Waals surface area (Å²) >= 11 is 3.92. The Morgan fingerprint density at radius 1 is 1.19 bits per heavy atom. The summed E-state index contributed by atoms with van der Waals surface area (Å²) in [5, 5.41) is 13.5. The van der Waals surface area contributed by atoms with E-state index >= 15 is 0 Å². The van der Waals surface area contributed by atoms with E-state index in [2.05, 4.69) is 75.1 Å². The van der Waals surface area contributed by atoms with Crippen molar-refractivity contribution in [1.29, 1.82) is 0 Å². The number of alkyl halides is 3. The molecule has 0 bridgehead atoms. The third kappa shape index (κ3) is 5.97. The number of aryl methyl sites for hydroxylation is 1. The molecule has 0 atom stereocenters. The van der Waals surface area contributed by atoms with Crippen LogP contribution >= 0.6 is 33.9 Å². The van der Waals surface area contributed by atoms with Gasteiger partial charge in [-0.25, -0.2) is 14.8 Å². The van der Waals surface area contributed by atoms with Gasteiger partial charge in [0.25, 0.3) is 0 Å². The molecule has 6 nitrogen and oxygen atoms in total. The van der Waals surface area contributed by atoms with E-state index in [0.29, 0.717) is 0 Å². The van der Waals surface area contributed by atoms with E-state index in [0.717, 1.165) is 46.4 Å². The lowest BCUT2D eigenvalue weighted by Crippen LogP contribution is -2.21. The van der Waals surface area contributed by atoms with E-state index < -0.39 is 12.1 Å². The molecule has 3 heterocycles. The maximum absolute atomic E-state index is 10.6. The maximum Gasteiger partial charge on any atom is 0.490 e. The number of fused-ring (bicyclic) bond motifs is 1. The molecule has 32 heavy (non-hydrogen) atoms. The highest BCUT2D eigenvalue weighted by Gasteiger charge is 2.38. The number of imidazole rings is 1. The summed E-state index contributed by atoms with van der Waals surface area (Å²) in [6.45, 7) is 2.18. The zero-order valence-corrected chi connectivity index (χ0v) is 19.7. The molecule has 0 amide bonds. The molecule has 0 saturated carbocycles. The van der Waals surface area contributed by atoms with Crippen LogP contribution in [0.2, 0.25) is 0 Å². The lowest BCUT2D eigenvalue weighted by Gasteiger charge is -2.03. The molecule has 0 saturated heterocycles. The second kappa shape index (κ2) is 10.3. The monoisotopic (exact) mass is 574 g/mol. The largest absolute Gasteiger partial charge is 0.490 e. The molecule has 0 aliphatic heterocycles. The van der Waals surface area contributed by atoms with E-state index in [-0.39, 0.29) is 0 Å². The summed E-state index contributed by atoms with van der Waals surface area (Å²) in [6.07, 6.45) is -1.01. The minimum atomic E-state index is -5.08. The van der Waals surface area contributed by atoms with Gasteiger partial charge in [-0.1, -0.05) is 19.4 Å². The Bertz CT molecular complexity index is 1210. The third-order valence-electron chi connectivity index (χ3n) is 4.17. The summed E-state index contributed by atoms with van der Waals surface area (Å²) in [6, 6.07) is 14.4. The first-order valence-corrected chi connectivity index (χ1v) is 11.4. The van der Waals surface area contributed by atoms with Crippen molar-refractivity contribution in [3.05, 3.63) is 63.3 Å². The van der Waals surface area contributed by atoms with Crippen LogP contribution in [0.1, 0.15) is 19.0 Å². The van der Waals surface area contributed by atoms with Crippen LogP contribution in [-0.4, -0.2) is 31.6 Å². The summed E-state index contributed by atoms with van der Waals surface area (Å²) in [5.74, 6) is -2.76. The minimum Gasteiger partial charge on any atom is -0.475 e. The van der Waals surface area contributed by atoms with Crippen molar-refractivity contribution < 1.29 is 23.1 Å². The first-order valence-electron chi connectivity index (χ1n) is 9.43. The molecule has 2 N–H and O–H groups in total. The molecule has 11 heteroatoms. The number of thiazole rings is 1. The number of carboxylic acid groups (broad SMARTS) is 1. The molecule has 0 spiro atoms. The number of nitrogens with zero attached hydrogens (tertiary/aromatic N) is 3. The van der Waals surface area contributed by atoms with Crippen LogP contribution in [0, 0.1) is 3.57 Å². The normalized spacial score (nSPS) is 11.2. The predicted molar refractivity (Wildman–Crippen MR) is 126 cm³/mol. The Morgan fingerprint density at radius 2 is 1.88 bits per heavy atom. The van der Waals surface area contributed by atoms with Gasteiger partial charge in [0.15, 0.2) is 5.13 Å². The second-order valence-electron chi connectivity index (χ2n) is 6.56. The van der Waals surface area contributed by atoms with Crippen LogP contribution in [0.3, 0.4) is 0 Å². The minimum absolute atomic E-state index is 0.893. The third-order valence-corrected chi connectivity index (χ3v) is 5.65. The lowest BCUT2D eigenvalue weighted by atomic mass is 10.2. The fraction of sp³-hybridized carbons (Fsp3) is 0.190. The van der Waals surface area contributed by atoms with Crippen molar-refractivity contribution in [3.8, 4) is 11.4 Å². The summed E-state index contributed by atoms with van der Waals surface area (Å²) in [4.78, 5) is 18.5. The number of carboxylic acids is 1. The summed E-state index contributed by atoms with van der Waals surface area (Å²) < 4.78 is 35.1. The quantitative estimate of drug-likeness (QED) is 0.270. The molecule has 0 aliphatic rings. The van der Waals surface area contributed by atoms with Gasteiger partial charge in [-0.05, 0) is 65.4 Å². The van der Waals surface area contributed by atoms with Crippen molar-refractivity contribution in [3.63, 3.8) is 0 Å². The Morgan fingerprint density at radius 3 is 2.50 bits per heavy atom. The molecular weight excluding hydrogens is 556 g/mol. The van der Waals surface area contributed by atoms with Crippen LogP contribution < -0.4 is 5.32 Å². The van der Waals surface area contributed by atoms with Gasteiger partial charge in [-0.3, -0.25) is 4.40 Å². The van der Waals surface area contributed by atoms with Crippen LogP contribution in [0.15, 0.2) is 54.0 Å². The van der Waals surface area contributed by atoms with Gasteiger partial charge >= 0.3 is 12.1 Å². The number of rotatable bonds is 5. The predicted octanol–water partition coefficient (Wildman–Crippen LogP) is 6.39. The number of pyridine rings is 1. The highest BCUT2D eigenvalue weighted by molar-refractivity contribution is 14.1. The van der Waals surface area contributed by atoms with Gasteiger partial charge in [0.05, 0.1) is 11.4 Å². The SMILES string of the molecule is CCCc1nc2ccccn2c1-c1csc(Nc2ccc(I)cc2)n1.O=C(O)C(F)(F)F. The number of halogens is 4. The number of aromatic nitrogens is 3. The average Bonchev–Trinajstić information content (AvgIpc) is 3.33. The van der Waals surface area contributed by atoms with Crippen molar-refractivity contribution >= 4 is 56.4 Å². The van der Waals surface area contributed by atoms with Crippen LogP contribution in [0.5, 0.6) is 0 Å². The molecule has 0 unspecified atom stereocenters. The van der Waals surface area contributed by atoms with E-state index in [9.17, 15) is 13.2 Å². The smallest absolute Gasteiger partial charge is 0.475 e. The molecule has 4 aromatic rings. The molecule has 168 valence electrons. The highest BCUT2D eigenvalue weighted by atomic mass is 127. The van der Waals surface area contributed by atoms with Gasteiger partial charge < -0.3 is 10.4 Å². The van der Waals surface area contributed by atoms with Gasteiger partial charge in [-0.15, -0.1) is 11.3 Å². The first-order chi connectivity index (χ1) is 15.2. The molecule has 1 aromatic carbocycles. The van der Waals surface area contributed by atoms with E-state index in [1.165, 1.54) is 3.57 Å². The summed E-state index contributed by atoms with van der Waals surface area (Å²) in [5.41, 5.74) is 5.21. The molecule has 4 rings (SSSR count). The van der Waals surface area contributed by atoms with Crippen molar-refractivity contribution in [1.82, 2.24) is 14.4 Å². The zero-order valence-electron chi connectivity index (χ0n) is 16.7. The fourth-order valence-electron chi connectivity index (χ4n) is 2.82. The van der Waals surface area contributed by atoms with Crippen LogP contribution in [0.25, 0.3) is 17.0 Å². The fourth-order valence-corrected chi connectivity index (χ4v) is 3.90. The highest BCUT2D eigenvalue weighted by Crippen LogP contribution is 2.30. The van der Waals surface area contributed by atoms with Gasteiger partial charge in [0.1, 0.15) is 11.3 Å². The molecule has 0 aliphatic carbocycles. The van der Waals surface area contributed by atoms with E-state index in [1.54, 1.807) is 11.3 Å². The number of hydrogen-bond acceptors (Lipinski definition) is 5. The Kier molecular flexibility index (Phi) is 7.72. The molecular formula is C21H18F3IN4O2S. The summed E-state index contributed by atoms with van der Waals surface area (Å²) in [7, 11) is 0. The Hall–Kier alpha value is -2.67. The van der Waals surface area contributed by atoms with Gasteiger partial charge in [-0.2, -0.15) is 13.2 Å². The van der Waals surface area contributed by atoms with Gasteiger partial charge in [0.2, 0.25) is 0 Å². The Balaban J connectivity index is 0.000000360. The first kappa shape index (κ1) is 24.0. The van der Waals surface area contributed by atoms with Crippen LogP contribution in [0.4, 0.5) is 24.0 Å². The number of anilines is 2. The number of nitrogens with one attached hydrogen (secondary N) is 1. The average molecular weight is 574 g/mol. The maximum atomic E-state index is 10.6. The number of carbonyl (C=O) groups is 1. The van der Waals surface area contributed by atoms with Crippen LogP contribution in [-0.2, 0) is 11.2 Å². The lowest BCUT2D eigenvalue weighted by molar-refractivity contribution is -0.192. The zero-order chi connectivity index (χ0) is 23.3.